The molecule has 3 atom stereocenters. The summed E-state index contributed by atoms with van der Waals surface area (Å²) in [7, 11) is 1.84. The van der Waals surface area contributed by atoms with Gasteiger partial charge in [-0.15, -0.1) is 11.8 Å². The molecule has 0 bridgehead atoms. The molecule has 3 unspecified atom stereocenters. The molecule has 1 aliphatic carbocycles. The Morgan fingerprint density at radius 1 is 1.24 bits per heavy atom. The van der Waals surface area contributed by atoms with Crippen molar-refractivity contribution in [1.29, 1.82) is 0 Å². The number of hydrogen-bond acceptors (Lipinski definition) is 2. The van der Waals surface area contributed by atoms with Crippen LogP contribution in [-0.4, -0.2) is 12.9 Å². The number of methoxy groups -OCH3 is 1. The Balaban J connectivity index is 1.95. The minimum Gasteiger partial charge on any atom is -0.496 e. The van der Waals surface area contributed by atoms with Crippen LogP contribution in [0.15, 0.2) is 17.0 Å². The molecule has 0 aromatic heterocycles. The van der Waals surface area contributed by atoms with E-state index in [4.69, 9.17) is 4.74 Å². The van der Waals surface area contributed by atoms with Crippen LogP contribution in [0.4, 0.5) is 0 Å². The molecule has 0 spiro atoms. The number of ether oxygens (including phenoxy) is 1. The van der Waals surface area contributed by atoms with E-state index in [9.17, 15) is 0 Å². The maximum absolute atomic E-state index is 5.88. The lowest BCUT2D eigenvalue weighted by Crippen LogP contribution is -2.49. The van der Waals surface area contributed by atoms with Crippen LogP contribution in [0, 0.1) is 24.2 Å². The summed E-state index contributed by atoms with van der Waals surface area (Å²) in [6.45, 7) is 12.0. The summed E-state index contributed by atoms with van der Waals surface area (Å²) in [5, 5.41) is 0. The highest BCUT2D eigenvalue weighted by Crippen LogP contribution is 2.61. The first kappa shape index (κ1) is 19.1. The zero-order valence-corrected chi connectivity index (χ0v) is 17.9. The fourth-order valence-electron chi connectivity index (χ4n) is 5.61. The zero-order valence-electron chi connectivity index (χ0n) is 17.1. The van der Waals surface area contributed by atoms with Crippen molar-refractivity contribution < 1.29 is 4.74 Å². The molecule has 1 nitrogen and oxygen atoms in total. The largest absolute Gasteiger partial charge is 0.496 e. The summed E-state index contributed by atoms with van der Waals surface area (Å²) in [5.74, 6) is 3.98. The number of thioether (sulfide) groups is 1. The second-order valence-corrected chi connectivity index (χ2v) is 10.5. The highest BCUT2D eigenvalue weighted by molar-refractivity contribution is 7.99. The Kier molecular flexibility index (Phi) is 5.49. The highest BCUT2D eigenvalue weighted by atomic mass is 32.2. The van der Waals surface area contributed by atoms with Gasteiger partial charge in [0.05, 0.1) is 7.11 Å². The van der Waals surface area contributed by atoms with E-state index in [2.05, 4.69) is 58.5 Å². The Bertz CT molecular complexity index is 606. The topological polar surface area (TPSA) is 9.23 Å². The predicted octanol–water partition coefficient (Wildman–Crippen LogP) is 7.00. The Hall–Kier alpha value is -0.630. The minimum absolute atomic E-state index is 0.268. The van der Waals surface area contributed by atoms with E-state index in [1.807, 2.05) is 7.11 Å². The van der Waals surface area contributed by atoms with Gasteiger partial charge in [0.1, 0.15) is 5.75 Å². The smallest absolute Gasteiger partial charge is 0.124 e. The van der Waals surface area contributed by atoms with E-state index < -0.39 is 0 Å². The van der Waals surface area contributed by atoms with Gasteiger partial charge < -0.3 is 4.74 Å². The van der Waals surface area contributed by atoms with E-state index >= 15 is 0 Å². The van der Waals surface area contributed by atoms with Crippen LogP contribution in [0.5, 0.6) is 5.75 Å². The summed E-state index contributed by atoms with van der Waals surface area (Å²) in [4.78, 5) is 1.47. The molecule has 1 aromatic carbocycles. The summed E-state index contributed by atoms with van der Waals surface area (Å²) in [6, 6.07) is 4.63. The standard InChI is InChI=1S/C23H36OS/c1-16(2)9-7-10-22(4)11-8-12-23(5)20(22)15-25-19-14-17(3)13-18(24-6)21(19)23/h13-14,16,20H,7-12,15H2,1-6H3. The van der Waals surface area contributed by atoms with Crippen molar-refractivity contribution in [1.82, 2.24) is 0 Å². The van der Waals surface area contributed by atoms with Gasteiger partial charge >= 0.3 is 0 Å². The summed E-state index contributed by atoms with van der Waals surface area (Å²) >= 11 is 2.08. The summed E-state index contributed by atoms with van der Waals surface area (Å²) in [5.41, 5.74) is 3.57. The quantitative estimate of drug-likeness (QED) is 0.559. The van der Waals surface area contributed by atoms with Crippen LogP contribution in [0.25, 0.3) is 0 Å². The maximum Gasteiger partial charge on any atom is 0.124 e. The van der Waals surface area contributed by atoms with Crippen LogP contribution in [0.3, 0.4) is 0 Å². The number of rotatable bonds is 5. The van der Waals surface area contributed by atoms with Gasteiger partial charge in [-0.2, -0.15) is 0 Å². The maximum atomic E-state index is 5.88. The minimum atomic E-state index is 0.268. The van der Waals surface area contributed by atoms with Crippen molar-refractivity contribution in [3.05, 3.63) is 23.3 Å². The van der Waals surface area contributed by atoms with Gasteiger partial charge in [-0.3, -0.25) is 0 Å². The van der Waals surface area contributed by atoms with Gasteiger partial charge in [-0.05, 0) is 61.1 Å². The van der Waals surface area contributed by atoms with Crippen LogP contribution < -0.4 is 4.74 Å². The molecule has 0 N–H and O–H groups in total. The molecule has 1 aliphatic heterocycles. The third-order valence-corrected chi connectivity index (χ3v) is 8.12. The van der Waals surface area contributed by atoms with Crippen LogP contribution in [-0.2, 0) is 5.41 Å². The van der Waals surface area contributed by atoms with E-state index in [1.165, 1.54) is 60.3 Å². The molecule has 25 heavy (non-hydrogen) atoms. The number of benzene rings is 1. The second-order valence-electron chi connectivity index (χ2n) is 9.42. The van der Waals surface area contributed by atoms with Crippen LogP contribution in [0.2, 0.25) is 0 Å². The van der Waals surface area contributed by atoms with Crippen molar-refractivity contribution >= 4 is 11.8 Å². The molecule has 0 radical (unpaired) electrons. The van der Waals surface area contributed by atoms with Gasteiger partial charge in [0, 0.05) is 21.6 Å². The Labute approximate surface area is 159 Å². The molecule has 1 heterocycles. The third-order valence-electron chi connectivity index (χ3n) is 6.99. The molecule has 1 aromatic rings. The van der Waals surface area contributed by atoms with Crippen molar-refractivity contribution in [2.24, 2.45) is 17.3 Å². The van der Waals surface area contributed by atoms with Crippen LogP contribution >= 0.6 is 11.8 Å². The molecule has 2 heteroatoms. The Morgan fingerprint density at radius 2 is 2.00 bits per heavy atom. The van der Waals surface area contributed by atoms with Gasteiger partial charge in [0.2, 0.25) is 0 Å². The van der Waals surface area contributed by atoms with E-state index in [0.717, 1.165) is 17.6 Å². The monoisotopic (exact) mass is 360 g/mol. The van der Waals surface area contributed by atoms with Gasteiger partial charge in [0.15, 0.2) is 0 Å². The molecular weight excluding hydrogens is 324 g/mol. The number of hydrogen-bond donors (Lipinski definition) is 0. The lowest BCUT2D eigenvalue weighted by atomic mass is 9.52. The molecular formula is C23H36OS. The normalized spacial score (nSPS) is 31.6. The SMILES string of the molecule is COc1cc(C)cc2c1C1(C)CCCC(C)(CCCC(C)C)C1CS2. The van der Waals surface area contributed by atoms with E-state index in [-0.39, 0.29) is 5.41 Å². The fourth-order valence-corrected chi connectivity index (χ4v) is 7.47. The molecule has 1 fully saturated rings. The van der Waals surface area contributed by atoms with Crippen LogP contribution in [0.1, 0.15) is 77.3 Å². The summed E-state index contributed by atoms with van der Waals surface area (Å²) in [6.07, 6.45) is 8.19. The first-order chi connectivity index (χ1) is 11.8. The Morgan fingerprint density at radius 3 is 2.68 bits per heavy atom. The summed E-state index contributed by atoms with van der Waals surface area (Å²) < 4.78 is 5.88. The first-order valence-electron chi connectivity index (χ1n) is 10.1. The van der Waals surface area contributed by atoms with Crippen molar-refractivity contribution in [2.45, 2.75) is 83.5 Å². The van der Waals surface area contributed by atoms with Gasteiger partial charge in [-0.1, -0.05) is 47.0 Å². The van der Waals surface area contributed by atoms with Crippen molar-refractivity contribution in [3.8, 4) is 5.75 Å². The average Bonchev–Trinajstić information content (AvgIpc) is 2.53. The van der Waals surface area contributed by atoms with Crippen molar-refractivity contribution in [3.63, 3.8) is 0 Å². The van der Waals surface area contributed by atoms with Gasteiger partial charge in [-0.25, -0.2) is 0 Å². The molecule has 140 valence electrons. The molecule has 0 saturated heterocycles. The van der Waals surface area contributed by atoms with Gasteiger partial charge in [0.25, 0.3) is 0 Å². The number of aryl methyl sites for hydroxylation is 1. The second kappa shape index (κ2) is 7.18. The molecule has 3 rings (SSSR count). The lowest BCUT2D eigenvalue weighted by Gasteiger charge is -2.55. The lowest BCUT2D eigenvalue weighted by molar-refractivity contribution is 0.0410. The highest BCUT2D eigenvalue weighted by Gasteiger charge is 2.52. The fraction of sp³-hybridized carbons (Fsp3) is 0.739. The predicted molar refractivity (Wildman–Crippen MR) is 110 cm³/mol. The zero-order chi connectivity index (χ0) is 18.2. The number of fused-ring (bicyclic) bond motifs is 3. The van der Waals surface area contributed by atoms with E-state index in [0.29, 0.717) is 5.41 Å². The molecule has 1 saturated carbocycles. The molecule has 2 aliphatic rings. The molecule has 0 amide bonds. The van der Waals surface area contributed by atoms with E-state index in [1.54, 1.807) is 0 Å². The average molecular weight is 361 g/mol. The van der Waals surface area contributed by atoms with Crippen molar-refractivity contribution in [2.75, 3.05) is 12.9 Å². The third kappa shape index (κ3) is 3.48. The first-order valence-corrected chi connectivity index (χ1v) is 11.1.